The zero-order chi connectivity index (χ0) is 20.5. The Labute approximate surface area is 172 Å². The number of benzene rings is 2. The van der Waals surface area contributed by atoms with Gasteiger partial charge in [0.25, 0.3) is 5.91 Å². The van der Waals surface area contributed by atoms with Crippen molar-refractivity contribution in [1.82, 2.24) is 0 Å². The van der Waals surface area contributed by atoms with Gasteiger partial charge in [-0.2, -0.15) is 0 Å². The van der Waals surface area contributed by atoms with E-state index in [1.165, 1.54) is 37.7 Å². The first-order chi connectivity index (χ1) is 14.2. The first-order valence-corrected chi connectivity index (χ1v) is 10.2. The van der Waals surface area contributed by atoms with Crippen molar-refractivity contribution in [1.29, 1.82) is 0 Å². The molecule has 0 heterocycles. The van der Waals surface area contributed by atoms with Gasteiger partial charge in [-0.25, -0.2) is 0 Å². The van der Waals surface area contributed by atoms with Crippen LogP contribution in [0.3, 0.4) is 0 Å². The number of quaternary nitrogens is 1. The van der Waals surface area contributed by atoms with Crippen LogP contribution in [0.15, 0.2) is 42.5 Å². The van der Waals surface area contributed by atoms with Gasteiger partial charge in [0.05, 0.1) is 20.3 Å². The quantitative estimate of drug-likeness (QED) is 0.680. The van der Waals surface area contributed by atoms with Crippen molar-refractivity contribution in [3.8, 4) is 17.2 Å². The summed E-state index contributed by atoms with van der Waals surface area (Å²) < 4.78 is 16.3. The predicted molar refractivity (Wildman–Crippen MR) is 113 cm³/mol. The third kappa shape index (κ3) is 6.39. The zero-order valence-corrected chi connectivity index (χ0v) is 17.3. The van der Waals surface area contributed by atoms with Crippen molar-refractivity contribution in [2.24, 2.45) is 0 Å². The van der Waals surface area contributed by atoms with E-state index >= 15 is 0 Å². The van der Waals surface area contributed by atoms with Gasteiger partial charge in [-0.15, -0.1) is 0 Å². The summed E-state index contributed by atoms with van der Waals surface area (Å²) in [6.07, 6.45) is 6.67. The number of anilines is 1. The number of carbonyl (C=O) groups is 1. The van der Waals surface area contributed by atoms with Crippen LogP contribution in [0.25, 0.3) is 0 Å². The molecule has 156 valence electrons. The van der Waals surface area contributed by atoms with Crippen molar-refractivity contribution < 1.29 is 24.3 Å². The fraction of sp³-hybridized carbons (Fsp3) is 0.435. The maximum Gasteiger partial charge on any atom is 0.262 e. The lowest BCUT2D eigenvalue weighted by atomic mass is 9.95. The smallest absolute Gasteiger partial charge is 0.262 e. The number of ether oxygens (including phenoxy) is 3. The maximum absolute atomic E-state index is 12.2. The number of rotatable bonds is 9. The lowest BCUT2D eigenvalue weighted by Crippen LogP contribution is -2.88. The van der Waals surface area contributed by atoms with Crippen LogP contribution in [0.4, 0.5) is 5.69 Å². The Kier molecular flexibility index (Phi) is 7.76. The highest BCUT2D eigenvalue weighted by Gasteiger charge is 2.16. The van der Waals surface area contributed by atoms with Gasteiger partial charge >= 0.3 is 0 Å². The molecule has 29 heavy (non-hydrogen) atoms. The summed E-state index contributed by atoms with van der Waals surface area (Å²) in [6.45, 7) is 0.842. The van der Waals surface area contributed by atoms with E-state index in [0.29, 0.717) is 17.2 Å². The topological polar surface area (TPSA) is 73.4 Å². The minimum absolute atomic E-state index is 0.0874. The van der Waals surface area contributed by atoms with Gasteiger partial charge in [0, 0.05) is 11.3 Å². The average Bonchev–Trinajstić information content (AvgIpc) is 2.77. The van der Waals surface area contributed by atoms with Crippen LogP contribution >= 0.6 is 0 Å². The molecule has 6 heteroatoms. The van der Waals surface area contributed by atoms with Crippen LogP contribution in [-0.4, -0.2) is 32.8 Å². The molecule has 2 aromatic rings. The van der Waals surface area contributed by atoms with E-state index in [1.807, 2.05) is 18.2 Å². The molecule has 0 saturated heterocycles. The first-order valence-electron chi connectivity index (χ1n) is 10.2. The highest BCUT2D eigenvalue weighted by Crippen LogP contribution is 2.28. The van der Waals surface area contributed by atoms with E-state index in [2.05, 4.69) is 10.6 Å². The van der Waals surface area contributed by atoms with Crippen LogP contribution in [0, 0.1) is 0 Å². The Morgan fingerprint density at radius 2 is 1.76 bits per heavy atom. The fourth-order valence-electron chi connectivity index (χ4n) is 3.65. The summed E-state index contributed by atoms with van der Waals surface area (Å²) >= 11 is 0. The Balaban J connectivity index is 1.50. The van der Waals surface area contributed by atoms with Gasteiger partial charge in [0.1, 0.15) is 12.3 Å². The minimum Gasteiger partial charge on any atom is -0.497 e. The van der Waals surface area contributed by atoms with Crippen molar-refractivity contribution in [2.75, 3.05) is 26.1 Å². The van der Waals surface area contributed by atoms with Crippen molar-refractivity contribution in [3.63, 3.8) is 0 Å². The summed E-state index contributed by atoms with van der Waals surface area (Å²) in [5, 5.41) is 5.23. The second kappa shape index (κ2) is 10.7. The number of hydrogen-bond donors (Lipinski definition) is 2. The molecule has 0 aliphatic heterocycles. The van der Waals surface area contributed by atoms with Crippen molar-refractivity contribution in [3.05, 3.63) is 48.0 Å². The summed E-state index contributed by atoms with van der Waals surface area (Å²) in [7, 11) is 3.22. The van der Waals surface area contributed by atoms with Crippen LogP contribution in [0.1, 0.15) is 37.7 Å². The zero-order valence-electron chi connectivity index (χ0n) is 17.3. The Morgan fingerprint density at radius 1 is 1.00 bits per heavy atom. The summed E-state index contributed by atoms with van der Waals surface area (Å²) in [4.78, 5) is 12.2. The number of methoxy groups -OCH3 is 2. The largest absolute Gasteiger partial charge is 0.497 e. The molecule has 1 fully saturated rings. The van der Waals surface area contributed by atoms with Gasteiger partial charge in [-0.1, -0.05) is 6.42 Å². The number of amides is 1. The van der Waals surface area contributed by atoms with E-state index in [1.54, 1.807) is 38.5 Å². The fourth-order valence-corrected chi connectivity index (χ4v) is 3.65. The molecule has 1 amide bonds. The molecule has 3 N–H and O–H groups in total. The number of nitrogens with two attached hydrogens (primary N) is 1. The van der Waals surface area contributed by atoms with E-state index in [9.17, 15) is 4.79 Å². The molecule has 0 aromatic heterocycles. The minimum atomic E-state index is -0.230. The van der Waals surface area contributed by atoms with E-state index in [0.717, 1.165) is 18.3 Å². The maximum atomic E-state index is 12.2. The molecule has 6 nitrogen and oxygen atoms in total. The highest BCUT2D eigenvalue weighted by molar-refractivity contribution is 5.91. The highest BCUT2D eigenvalue weighted by atomic mass is 16.5. The molecule has 1 aliphatic carbocycles. The normalized spacial score (nSPS) is 14.3. The molecule has 0 unspecified atom stereocenters. The summed E-state index contributed by atoms with van der Waals surface area (Å²) in [6, 6.07) is 13.8. The number of carbonyl (C=O) groups excluding carboxylic acids is 1. The molecule has 3 rings (SSSR count). The summed E-state index contributed by atoms with van der Waals surface area (Å²) in [5.74, 6) is 1.73. The molecular formula is C23H31N2O4+. The third-order valence-electron chi connectivity index (χ3n) is 5.30. The van der Waals surface area contributed by atoms with Gasteiger partial charge in [-0.05, 0) is 68.1 Å². The van der Waals surface area contributed by atoms with Crippen LogP contribution < -0.4 is 24.8 Å². The second-order valence-corrected chi connectivity index (χ2v) is 7.39. The van der Waals surface area contributed by atoms with Gasteiger partial charge in [0.15, 0.2) is 18.1 Å². The third-order valence-corrected chi connectivity index (χ3v) is 5.30. The number of nitrogens with one attached hydrogen (secondary N) is 1. The van der Waals surface area contributed by atoms with Crippen molar-refractivity contribution >= 4 is 11.6 Å². The van der Waals surface area contributed by atoms with E-state index in [-0.39, 0.29) is 12.5 Å². The molecule has 1 aliphatic rings. The summed E-state index contributed by atoms with van der Waals surface area (Å²) in [5.41, 5.74) is 1.89. The van der Waals surface area contributed by atoms with Crippen LogP contribution in [0.2, 0.25) is 0 Å². The lowest BCUT2D eigenvalue weighted by molar-refractivity contribution is -0.706. The van der Waals surface area contributed by atoms with Gasteiger partial charge in [-0.3, -0.25) is 4.79 Å². The number of hydrogen-bond acceptors (Lipinski definition) is 4. The van der Waals surface area contributed by atoms with Gasteiger partial charge < -0.3 is 24.8 Å². The monoisotopic (exact) mass is 399 g/mol. The molecule has 0 radical (unpaired) electrons. The Hall–Kier alpha value is -2.73. The van der Waals surface area contributed by atoms with E-state index in [4.69, 9.17) is 14.2 Å². The molecule has 1 saturated carbocycles. The molecule has 0 bridgehead atoms. The lowest BCUT2D eigenvalue weighted by Gasteiger charge is -2.20. The van der Waals surface area contributed by atoms with Crippen LogP contribution in [-0.2, 0) is 11.3 Å². The molecule has 0 atom stereocenters. The van der Waals surface area contributed by atoms with Crippen LogP contribution in [0.5, 0.6) is 17.2 Å². The first kappa shape index (κ1) is 21.0. The van der Waals surface area contributed by atoms with Gasteiger partial charge in [0.2, 0.25) is 0 Å². The Bertz CT molecular complexity index is 786. The molecular weight excluding hydrogens is 368 g/mol. The predicted octanol–water partition coefficient (Wildman–Crippen LogP) is 3.12. The molecule has 0 spiro atoms. The Morgan fingerprint density at radius 3 is 2.45 bits per heavy atom. The van der Waals surface area contributed by atoms with Crippen molar-refractivity contribution in [2.45, 2.75) is 44.7 Å². The SMILES string of the molecule is COc1ccc(NC(=O)COc2ccc(C[NH2+]C3CCCCC3)cc2OC)cc1. The standard InChI is InChI=1S/C23H30N2O4/c1-27-20-11-9-19(10-12-20)25-23(26)16-29-21-13-8-17(14-22(21)28-2)15-24-18-6-4-3-5-7-18/h8-14,18,24H,3-7,15-16H2,1-2H3,(H,25,26)/p+1. The van der Waals surface area contributed by atoms with E-state index < -0.39 is 0 Å². The molecule has 2 aromatic carbocycles. The second-order valence-electron chi connectivity index (χ2n) is 7.39. The average molecular weight is 400 g/mol.